The van der Waals surface area contributed by atoms with Crippen LogP contribution in [0.4, 0.5) is 4.39 Å². The molecular formula is C24H28FN7O4. The zero-order chi connectivity index (χ0) is 25.7. The third-order valence-electron chi connectivity index (χ3n) is 5.71. The number of aryl methyl sites for hydroxylation is 1. The highest BCUT2D eigenvalue weighted by Gasteiger charge is 2.23. The molecule has 2 atom stereocenters. The quantitative estimate of drug-likeness (QED) is 0.481. The largest absolute Gasteiger partial charge is 0.494 e. The van der Waals surface area contributed by atoms with E-state index in [-0.39, 0.29) is 36.0 Å². The van der Waals surface area contributed by atoms with Gasteiger partial charge in [-0.15, -0.1) is 5.10 Å². The lowest BCUT2D eigenvalue weighted by Gasteiger charge is -2.29. The molecule has 1 aliphatic rings. The summed E-state index contributed by atoms with van der Waals surface area (Å²) >= 11 is 0. The smallest absolute Gasteiger partial charge is 0.270 e. The van der Waals surface area contributed by atoms with E-state index in [2.05, 4.69) is 30.9 Å². The molecule has 36 heavy (non-hydrogen) atoms. The molecule has 3 aromatic rings. The molecule has 3 heterocycles. The van der Waals surface area contributed by atoms with Crippen molar-refractivity contribution < 1.29 is 23.5 Å². The van der Waals surface area contributed by atoms with E-state index in [0.717, 1.165) is 12.8 Å². The van der Waals surface area contributed by atoms with Gasteiger partial charge in [0.05, 0.1) is 44.3 Å². The Hall–Kier alpha value is -3.93. The first-order valence-corrected chi connectivity index (χ1v) is 11.6. The monoisotopic (exact) mass is 497 g/mol. The average molecular weight is 498 g/mol. The second-order valence-electron chi connectivity index (χ2n) is 8.59. The third-order valence-corrected chi connectivity index (χ3v) is 5.71. The summed E-state index contributed by atoms with van der Waals surface area (Å²) < 4.78 is 26.1. The van der Waals surface area contributed by atoms with Crippen molar-refractivity contribution in [3.63, 3.8) is 0 Å². The minimum atomic E-state index is -0.471. The van der Waals surface area contributed by atoms with Crippen LogP contribution >= 0.6 is 0 Å². The molecular weight excluding hydrogens is 469 g/mol. The number of carbonyl (C=O) groups is 2. The number of methoxy groups -OCH3 is 1. The van der Waals surface area contributed by atoms with Crippen LogP contribution in [0.5, 0.6) is 5.75 Å². The van der Waals surface area contributed by atoms with Crippen molar-refractivity contribution in [3.8, 4) is 17.1 Å². The number of benzene rings is 1. The average Bonchev–Trinajstić information content (AvgIpc) is 3.32. The number of aromatic nitrogens is 5. The van der Waals surface area contributed by atoms with E-state index >= 15 is 0 Å². The number of nitrogens with one attached hydrogen (secondary N) is 2. The molecule has 0 bridgehead atoms. The van der Waals surface area contributed by atoms with Gasteiger partial charge in [-0.05, 0) is 43.5 Å². The lowest BCUT2D eigenvalue weighted by atomic mass is 10.1. The van der Waals surface area contributed by atoms with Gasteiger partial charge < -0.3 is 20.1 Å². The molecule has 0 aliphatic carbocycles. The molecule has 1 aromatic carbocycles. The molecule has 0 radical (unpaired) electrons. The fraction of sp³-hybridized carbons (Fsp3) is 0.417. The molecule has 12 heteroatoms. The Kier molecular flexibility index (Phi) is 7.84. The van der Waals surface area contributed by atoms with Gasteiger partial charge in [0.1, 0.15) is 17.2 Å². The third kappa shape index (κ3) is 6.39. The number of halogens is 1. The van der Waals surface area contributed by atoms with E-state index in [1.807, 2.05) is 0 Å². The zero-order valence-corrected chi connectivity index (χ0v) is 20.3. The molecule has 11 nitrogen and oxygen atoms in total. The molecule has 1 saturated heterocycles. The first kappa shape index (κ1) is 25.2. The summed E-state index contributed by atoms with van der Waals surface area (Å²) in [7, 11) is 1.38. The summed E-state index contributed by atoms with van der Waals surface area (Å²) in [4.78, 5) is 32.6. The highest BCUT2D eigenvalue weighted by atomic mass is 19.1. The number of ether oxygens (including phenoxy) is 2. The Bertz CT molecular complexity index is 1240. The Balaban J connectivity index is 1.38. The van der Waals surface area contributed by atoms with Crippen molar-refractivity contribution in [1.29, 1.82) is 0 Å². The van der Waals surface area contributed by atoms with Crippen LogP contribution in [-0.4, -0.2) is 62.6 Å². The van der Waals surface area contributed by atoms with E-state index in [9.17, 15) is 14.0 Å². The molecule has 2 aromatic heterocycles. The van der Waals surface area contributed by atoms with Crippen molar-refractivity contribution in [1.82, 2.24) is 35.6 Å². The zero-order valence-electron chi connectivity index (χ0n) is 20.3. The second kappa shape index (κ2) is 11.2. The van der Waals surface area contributed by atoms with Gasteiger partial charge in [0.25, 0.3) is 5.91 Å². The minimum absolute atomic E-state index is 0.0312. The molecule has 0 unspecified atom stereocenters. The maximum absolute atomic E-state index is 13.6. The van der Waals surface area contributed by atoms with Crippen LogP contribution in [0.15, 0.2) is 30.5 Å². The van der Waals surface area contributed by atoms with Gasteiger partial charge in [-0.1, -0.05) is 11.3 Å². The summed E-state index contributed by atoms with van der Waals surface area (Å²) in [5, 5.41) is 14.0. The van der Waals surface area contributed by atoms with Gasteiger partial charge in [-0.3, -0.25) is 9.59 Å². The van der Waals surface area contributed by atoms with Crippen molar-refractivity contribution >= 4 is 11.8 Å². The lowest BCUT2D eigenvalue weighted by molar-refractivity contribution is -0.121. The van der Waals surface area contributed by atoms with Crippen molar-refractivity contribution in [2.45, 2.75) is 51.9 Å². The van der Waals surface area contributed by atoms with Crippen LogP contribution in [0, 0.1) is 12.7 Å². The maximum Gasteiger partial charge on any atom is 0.270 e. The summed E-state index contributed by atoms with van der Waals surface area (Å²) in [5.41, 5.74) is 1.84. The summed E-state index contributed by atoms with van der Waals surface area (Å²) in [6, 6.07) is 5.97. The number of amides is 2. The highest BCUT2D eigenvalue weighted by Crippen LogP contribution is 2.20. The fourth-order valence-corrected chi connectivity index (χ4v) is 3.97. The molecule has 0 spiro atoms. The van der Waals surface area contributed by atoms with Gasteiger partial charge in [0.2, 0.25) is 5.91 Å². The van der Waals surface area contributed by atoms with Crippen molar-refractivity contribution in [2.75, 3.05) is 13.7 Å². The molecule has 0 saturated carbocycles. The lowest BCUT2D eigenvalue weighted by Crippen LogP contribution is -2.42. The van der Waals surface area contributed by atoms with Crippen LogP contribution in [-0.2, 0) is 22.6 Å². The number of nitrogens with zero attached hydrogens (tertiary/aromatic N) is 5. The van der Waals surface area contributed by atoms with Crippen LogP contribution in [0.1, 0.15) is 41.6 Å². The van der Waals surface area contributed by atoms with Crippen LogP contribution in [0.3, 0.4) is 0 Å². The normalized spacial score (nSPS) is 17.4. The SMILES string of the molecule is COc1cc(CNC(=O)c2cc(-c3cn(C[C@@H]4CC[C@@H](NC(C)=O)CO4)nn3)nc(C)n2)ccc1F. The Labute approximate surface area is 207 Å². The summed E-state index contributed by atoms with van der Waals surface area (Å²) in [6.45, 7) is 4.33. The molecule has 2 amide bonds. The molecule has 2 N–H and O–H groups in total. The van der Waals surface area contributed by atoms with Crippen LogP contribution < -0.4 is 15.4 Å². The minimum Gasteiger partial charge on any atom is -0.494 e. The van der Waals surface area contributed by atoms with Crippen molar-refractivity contribution in [3.05, 3.63) is 53.4 Å². The number of hydrogen-bond acceptors (Lipinski definition) is 8. The standard InChI is InChI=1S/C24H28FN7O4/c1-14-27-20(9-21(28-14)24(34)26-10-16-4-7-19(25)23(8-16)35-3)22-12-32(31-30-22)11-18-6-5-17(13-36-18)29-15(2)33/h4,7-9,12,17-18H,5-6,10-11,13H2,1-3H3,(H,26,34)(H,29,33)/t17-,18+/m1/s1. The fourth-order valence-electron chi connectivity index (χ4n) is 3.97. The van der Waals surface area contributed by atoms with Gasteiger partial charge >= 0.3 is 0 Å². The van der Waals surface area contributed by atoms with Crippen molar-refractivity contribution in [2.24, 2.45) is 0 Å². The summed E-state index contributed by atoms with van der Waals surface area (Å²) in [6.07, 6.45) is 3.33. The number of rotatable bonds is 8. The highest BCUT2D eigenvalue weighted by molar-refractivity contribution is 5.93. The Morgan fingerprint density at radius 3 is 2.78 bits per heavy atom. The van der Waals surface area contributed by atoms with Crippen LogP contribution in [0.25, 0.3) is 11.4 Å². The number of hydrogen-bond donors (Lipinski definition) is 2. The molecule has 190 valence electrons. The van der Waals surface area contributed by atoms with E-state index in [1.54, 1.807) is 29.9 Å². The summed E-state index contributed by atoms with van der Waals surface area (Å²) in [5.74, 6) is -0.416. The van der Waals surface area contributed by atoms with Gasteiger partial charge in [0.15, 0.2) is 11.6 Å². The molecule has 1 aliphatic heterocycles. The van der Waals surface area contributed by atoms with E-state index in [4.69, 9.17) is 9.47 Å². The molecule has 4 rings (SSSR count). The molecule has 1 fully saturated rings. The number of carbonyl (C=O) groups excluding carboxylic acids is 2. The van der Waals surface area contributed by atoms with Gasteiger partial charge in [-0.25, -0.2) is 19.0 Å². The first-order valence-electron chi connectivity index (χ1n) is 11.6. The predicted molar refractivity (Wildman–Crippen MR) is 126 cm³/mol. The van der Waals surface area contributed by atoms with E-state index in [1.165, 1.54) is 26.2 Å². The van der Waals surface area contributed by atoms with Gasteiger partial charge in [0, 0.05) is 13.5 Å². The maximum atomic E-state index is 13.6. The Morgan fingerprint density at radius 2 is 2.06 bits per heavy atom. The van der Waals surface area contributed by atoms with E-state index in [0.29, 0.717) is 35.9 Å². The Morgan fingerprint density at radius 1 is 1.22 bits per heavy atom. The first-order chi connectivity index (χ1) is 17.3. The van der Waals surface area contributed by atoms with Crippen LogP contribution in [0.2, 0.25) is 0 Å². The topological polar surface area (TPSA) is 133 Å². The van der Waals surface area contributed by atoms with E-state index < -0.39 is 11.7 Å². The predicted octanol–water partition coefficient (Wildman–Crippen LogP) is 1.80. The van der Waals surface area contributed by atoms with Gasteiger partial charge in [-0.2, -0.15) is 0 Å². The second-order valence-corrected chi connectivity index (χ2v) is 8.59.